The molecule has 0 aromatic carbocycles. The van der Waals surface area contributed by atoms with Crippen LogP contribution in [0.3, 0.4) is 0 Å². The minimum atomic E-state index is -3.75. The van der Waals surface area contributed by atoms with E-state index < -0.39 is 10.0 Å². The van der Waals surface area contributed by atoms with Crippen molar-refractivity contribution in [3.8, 4) is 0 Å². The number of imidazole rings is 1. The van der Waals surface area contributed by atoms with Gasteiger partial charge in [-0.1, -0.05) is 17.7 Å². The topological polar surface area (TPSA) is 63.9 Å². The lowest BCUT2D eigenvalue weighted by Gasteiger charge is -2.25. The molecular weight excluding hydrogens is 314 g/mol. The molecule has 1 aliphatic rings. The number of hydrogen-bond acceptors (Lipinski definition) is 4. The van der Waals surface area contributed by atoms with Gasteiger partial charge in [-0.05, 0) is 25.5 Å². The number of likely N-dealkylation sites (N-methyl/N-ethyl adjacent to an activating group) is 1. The SMILES string of the molecule is CC1OCCC1N(C)S(=O)(=O)c1c(Cl)nc2ccccn12. The predicted octanol–water partition coefficient (Wildman–Crippen LogP) is 1.79. The van der Waals surface area contributed by atoms with Crippen molar-refractivity contribution in [1.29, 1.82) is 0 Å². The van der Waals surface area contributed by atoms with Crippen molar-refractivity contribution < 1.29 is 13.2 Å². The van der Waals surface area contributed by atoms with E-state index in [0.29, 0.717) is 18.7 Å². The Morgan fingerprint density at radius 3 is 2.90 bits per heavy atom. The maximum absolute atomic E-state index is 12.9. The summed E-state index contributed by atoms with van der Waals surface area (Å²) in [7, 11) is -2.19. The lowest BCUT2D eigenvalue weighted by molar-refractivity contribution is 0.102. The Labute approximate surface area is 128 Å². The van der Waals surface area contributed by atoms with Crippen LogP contribution in [-0.2, 0) is 14.8 Å². The Bertz CT molecular complexity index is 774. The second kappa shape index (κ2) is 5.24. The number of sulfonamides is 1. The van der Waals surface area contributed by atoms with Crippen LogP contribution in [0.25, 0.3) is 5.65 Å². The number of pyridine rings is 1. The fraction of sp³-hybridized carbons (Fsp3) is 0.462. The fourth-order valence-electron chi connectivity index (χ4n) is 2.69. The van der Waals surface area contributed by atoms with Gasteiger partial charge >= 0.3 is 0 Å². The Morgan fingerprint density at radius 1 is 1.48 bits per heavy atom. The molecule has 21 heavy (non-hydrogen) atoms. The average molecular weight is 330 g/mol. The van der Waals surface area contributed by atoms with Gasteiger partial charge in [-0.3, -0.25) is 4.40 Å². The largest absolute Gasteiger partial charge is 0.377 e. The van der Waals surface area contributed by atoms with E-state index in [1.54, 1.807) is 31.4 Å². The van der Waals surface area contributed by atoms with Crippen LogP contribution in [0, 0.1) is 0 Å². The third kappa shape index (κ3) is 2.34. The summed E-state index contributed by atoms with van der Waals surface area (Å²) in [5.74, 6) is 0. The molecule has 6 nitrogen and oxygen atoms in total. The second-order valence-corrected chi connectivity index (χ2v) is 7.36. The smallest absolute Gasteiger partial charge is 0.262 e. The molecule has 0 amide bonds. The van der Waals surface area contributed by atoms with Gasteiger partial charge in [0.05, 0.1) is 12.1 Å². The van der Waals surface area contributed by atoms with Crippen molar-refractivity contribution in [2.24, 2.45) is 0 Å². The minimum absolute atomic E-state index is 0.00127. The molecule has 1 saturated heterocycles. The average Bonchev–Trinajstić information content (AvgIpc) is 3.00. The lowest BCUT2D eigenvalue weighted by Crippen LogP contribution is -2.41. The standard InChI is InChI=1S/C13H16ClN3O3S/c1-9-10(6-8-20-9)16(2)21(18,19)13-12(14)15-11-5-3-4-7-17(11)13/h3-5,7,9-10H,6,8H2,1-2H3. The van der Waals surface area contributed by atoms with Crippen LogP contribution in [0.1, 0.15) is 13.3 Å². The molecule has 0 N–H and O–H groups in total. The van der Waals surface area contributed by atoms with Crippen molar-refractivity contribution in [2.75, 3.05) is 13.7 Å². The molecule has 1 fully saturated rings. The van der Waals surface area contributed by atoms with Crippen LogP contribution >= 0.6 is 11.6 Å². The number of hydrogen-bond donors (Lipinski definition) is 0. The van der Waals surface area contributed by atoms with E-state index in [9.17, 15) is 8.42 Å². The van der Waals surface area contributed by atoms with E-state index in [2.05, 4.69) is 4.98 Å². The Kier molecular flexibility index (Phi) is 3.69. The van der Waals surface area contributed by atoms with Crippen molar-refractivity contribution in [3.05, 3.63) is 29.5 Å². The van der Waals surface area contributed by atoms with Crippen molar-refractivity contribution in [2.45, 2.75) is 30.5 Å². The number of fused-ring (bicyclic) bond motifs is 1. The summed E-state index contributed by atoms with van der Waals surface area (Å²) in [5.41, 5.74) is 0.505. The van der Waals surface area contributed by atoms with Crippen LogP contribution < -0.4 is 0 Å². The normalized spacial score (nSPS) is 23.2. The van der Waals surface area contributed by atoms with E-state index in [-0.39, 0.29) is 22.3 Å². The van der Waals surface area contributed by atoms with Crippen LogP contribution in [0.4, 0.5) is 0 Å². The first-order chi connectivity index (χ1) is 9.93. The zero-order valence-corrected chi connectivity index (χ0v) is 13.3. The van der Waals surface area contributed by atoms with Gasteiger partial charge in [0.15, 0.2) is 10.2 Å². The molecule has 114 valence electrons. The van der Waals surface area contributed by atoms with Gasteiger partial charge in [0, 0.05) is 19.9 Å². The Morgan fingerprint density at radius 2 is 2.24 bits per heavy atom. The highest BCUT2D eigenvalue weighted by Gasteiger charge is 2.38. The molecule has 0 bridgehead atoms. The first kappa shape index (κ1) is 14.8. The van der Waals surface area contributed by atoms with Gasteiger partial charge in [-0.25, -0.2) is 13.4 Å². The first-order valence-corrected chi connectivity index (χ1v) is 8.47. The molecule has 3 rings (SSSR count). The molecule has 2 unspecified atom stereocenters. The van der Waals surface area contributed by atoms with Crippen molar-refractivity contribution in [1.82, 2.24) is 13.7 Å². The predicted molar refractivity (Wildman–Crippen MR) is 79.0 cm³/mol. The summed E-state index contributed by atoms with van der Waals surface area (Å²) < 4.78 is 34.1. The second-order valence-electron chi connectivity index (χ2n) is 5.09. The van der Waals surface area contributed by atoms with E-state index in [4.69, 9.17) is 16.3 Å². The maximum Gasteiger partial charge on any atom is 0.262 e. The zero-order chi connectivity index (χ0) is 15.2. The van der Waals surface area contributed by atoms with E-state index in [1.165, 1.54) is 8.71 Å². The molecule has 2 aromatic rings. The molecule has 8 heteroatoms. The lowest BCUT2D eigenvalue weighted by atomic mass is 10.2. The Balaban J connectivity index is 2.10. The van der Waals surface area contributed by atoms with Gasteiger partial charge in [0.1, 0.15) is 5.65 Å². The summed E-state index contributed by atoms with van der Waals surface area (Å²) in [6, 6.07) is 5.05. The number of halogens is 1. The van der Waals surface area contributed by atoms with Gasteiger partial charge < -0.3 is 4.74 Å². The molecule has 0 saturated carbocycles. The van der Waals surface area contributed by atoms with E-state index in [0.717, 1.165) is 0 Å². The third-order valence-corrected chi connectivity index (χ3v) is 6.16. The van der Waals surface area contributed by atoms with Crippen molar-refractivity contribution in [3.63, 3.8) is 0 Å². The summed E-state index contributed by atoms with van der Waals surface area (Å²) in [6.07, 6.45) is 2.18. The van der Waals surface area contributed by atoms with Crippen LogP contribution in [0.15, 0.2) is 29.4 Å². The van der Waals surface area contributed by atoms with E-state index in [1.807, 2.05) is 6.92 Å². The van der Waals surface area contributed by atoms with Crippen molar-refractivity contribution >= 4 is 27.3 Å². The molecule has 0 spiro atoms. The number of ether oxygens (including phenoxy) is 1. The summed E-state index contributed by atoms with van der Waals surface area (Å²) in [4.78, 5) is 4.10. The van der Waals surface area contributed by atoms with Crippen LogP contribution in [0.5, 0.6) is 0 Å². The molecule has 0 radical (unpaired) electrons. The first-order valence-electron chi connectivity index (χ1n) is 6.65. The number of nitrogens with zero attached hydrogens (tertiary/aromatic N) is 3. The highest BCUT2D eigenvalue weighted by molar-refractivity contribution is 7.89. The van der Waals surface area contributed by atoms with Crippen LogP contribution in [-0.4, -0.2) is 47.9 Å². The zero-order valence-electron chi connectivity index (χ0n) is 11.7. The highest BCUT2D eigenvalue weighted by atomic mass is 35.5. The monoisotopic (exact) mass is 329 g/mol. The van der Waals surface area contributed by atoms with Crippen LogP contribution in [0.2, 0.25) is 5.15 Å². The molecule has 1 aliphatic heterocycles. The molecule has 2 aromatic heterocycles. The maximum atomic E-state index is 12.9. The summed E-state index contributed by atoms with van der Waals surface area (Å²) >= 11 is 6.07. The summed E-state index contributed by atoms with van der Waals surface area (Å²) in [5, 5.41) is -0.0130. The fourth-order valence-corrected chi connectivity index (χ4v) is 4.73. The van der Waals surface area contributed by atoms with Gasteiger partial charge in [0.2, 0.25) is 0 Å². The minimum Gasteiger partial charge on any atom is -0.377 e. The van der Waals surface area contributed by atoms with Gasteiger partial charge in [0.25, 0.3) is 10.0 Å². The molecule has 2 atom stereocenters. The Hall–Kier alpha value is -1.15. The number of rotatable bonds is 3. The quantitative estimate of drug-likeness (QED) is 0.861. The van der Waals surface area contributed by atoms with Gasteiger partial charge in [-0.15, -0.1) is 0 Å². The van der Waals surface area contributed by atoms with Gasteiger partial charge in [-0.2, -0.15) is 4.31 Å². The van der Waals surface area contributed by atoms with E-state index >= 15 is 0 Å². The third-order valence-electron chi connectivity index (χ3n) is 3.87. The molecular formula is C13H16ClN3O3S. The highest BCUT2D eigenvalue weighted by Crippen LogP contribution is 2.29. The summed E-state index contributed by atoms with van der Waals surface area (Å²) in [6.45, 7) is 2.44. The molecule has 0 aliphatic carbocycles. The molecule has 3 heterocycles. The number of aromatic nitrogens is 2.